The number of ether oxygens (including phenoxy) is 2. The fourth-order valence-corrected chi connectivity index (χ4v) is 6.45. The molecular formula is C39H80NO7P. The zero-order valence-corrected chi connectivity index (χ0v) is 33.4. The van der Waals surface area contributed by atoms with Crippen molar-refractivity contribution >= 4 is 13.8 Å². The normalized spacial score (nSPS) is 13.9. The van der Waals surface area contributed by atoms with Crippen LogP contribution in [0.1, 0.15) is 187 Å². The van der Waals surface area contributed by atoms with E-state index in [4.69, 9.17) is 18.5 Å². The van der Waals surface area contributed by atoms with Crippen molar-refractivity contribution in [1.29, 1.82) is 0 Å². The first-order valence-electron chi connectivity index (χ1n) is 20.3. The maximum Gasteiger partial charge on any atom is 0.306 e. The number of unbranched alkanes of at least 4 members (excludes halogenated alkanes) is 24. The zero-order valence-electron chi connectivity index (χ0n) is 32.5. The van der Waals surface area contributed by atoms with Crippen LogP contribution in [0.4, 0.5) is 0 Å². The second-order valence-electron chi connectivity index (χ2n) is 15.0. The smallest absolute Gasteiger partial charge is 0.306 e. The Balaban J connectivity index is 4.22. The molecule has 0 rings (SSSR count). The molecule has 0 radical (unpaired) electrons. The van der Waals surface area contributed by atoms with Crippen molar-refractivity contribution < 1.29 is 37.3 Å². The molecule has 8 nitrogen and oxygen atoms in total. The van der Waals surface area contributed by atoms with Gasteiger partial charge in [-0.15, -0.1) is 0 Å². The van der Waals surface area contributed by atoms with Crippen LogP contribution in [-0.4, -0.2) is 70.7 Å². The standard InChI is InChI=1S/C39H80NO7P/c1-6-8-10-12-14-16-18-19-20-21-23-25-27-29-31-34-44-36-38(37-46-48(42,43)45-35-33-40(3,4)5)47-39(41)32-30-28-26-24-22-17-15-13-11-9-7-2/h38H,6-37H2,1-5H3. The molecule has 0 N–H and O–H groups in total. The molecule has 0 bridgehead atoms. The average molecular weight is 706 g/mol. The van der Waals surface area contributed by atoms with Gasteiger partial charge in [-0.25, -0.2) is 0 Å². The number of phosphoric ester groups is 1. The van der Waals surface area contributed by atoms with Gasteiger partial charge in [0, 0.05) is 13.0 Å². The second-order valence-corrected chi connectivity index (χ2v) is 16.4. The summed E-state index contributed by atoms with van der Waals surface area (Å²) in [7, 11) is 1.37. The molecule has 0 aromatic heterocycles. The summed E-state index contributed by atoms with van der Waals surface area (Å²) in [6.07, 6.45) is 32.4. The molecule has 0 aliphatic rings. The summed E-state index contributed by atoms with van der Waals surface area (Å²) < 4.78 is 34.5. The van der Waals surface area contributed by atoms with E-state index >= 15 is 0 Å². The summed E-state index contributed by atoms with van der Waals surface area (Å²) in [5.74, 6) is -0.332. The van der Waals surface area contributed by atoms with Gasteiger partial charge in [0.05, 0.1) is 34.4 Å². The van der Waals surface area contributed by atoms with Crippen LogP contribution in [0.2, 0.25) is 0 Å². The average Bonchev–Trinajstić information content (AvgIpc) is 3.03. The van der Waals surface area contributed by atoms with E-state index in [2.05, 4.69) is 13.8 Å². The first-order valence-corrected chi connectivity index (χ1v) is 21.7. The van der Waals surface area contributed by atoms with Crippen LogP contribution in [0.15, 0.2) is 0 Å². The SMILES string of the molecule is CCCCCCCCCCCCCCCCCOCC(COP(=O)([O-])OCC[N+](C)(C)C)OC(=O)CCCCCCCCCCCCC. The van der Waals surface area contributed by atoms with Crippen molar-refractivity contribution in [3.05, 3.63) is 0 Å². The Morgan fingerprint density at radius 3 is 1.38 bits per heavy atom. The molecule has 9 heteroatoms. The minimum Gasteiger partial charge on any atom is -0.756 e. The van der Waals surface area contributed by atoms with Crippen molar-refractivity contribution in [2.75, 3.05) is 54.1 Å². The monoisotopic (exact) mass is 706 g/mol. The van der Waals surface area contributed by atoms with Gasteiger partial charge in [-0.1, -0.05) is 168 Å². The molecule has 288 valence electrons. The lowest BCUT2D eigenvalue weighted by atomic mass is 10.0. The van der Waals surface area contributed by atoms with Crippen LogP contribution in [0.25, 0.3) is 0 Å². The van der Waals surface area contributed by atoms with Gasteiger partial charge < -0.3 is 27.9 Å². The first-order chi connectivity index (χ1) is 23.1. The molecule has 0 amide bonds. The molecule has 0 saturated heterocycles. The first kappa shape index (κ1) is 47.5. The van der Waals surface area contributed by atoms with Gasteiger partial charge in [-0.3, -0.25) is 9.36 Å². The number of phosphoric acid groups is 1. The van der Waals surface area contributed by atoms with E-state index in [-0.39, 0.29) is 25.8 Å². The summed E-state index contributed by atoms with van der Waals surface area (Å²) in [6.45, 7) is 5.44. The summed E-state index contributed by atoms with van der Waals surface area (Å²) in [5.41, 5.74) is 0. The number of hydrogen-bond donors (Lipinski definition) is 0. The van der Waals surface area contributed by atoms with Gasteiger partial charge in [-0.2, -0.15) is 0 Å². The van der Waals surface area contributed by atoms with Gasteiger partial charge in [0.1, 0.15) is 19.3 Å². The van der Waals surface area contributed by atoms with Crippen molar-refractivity contribution in [3.8, 4) is 0 Å². The van der Waals surface area contributed by atoms with Gasteiger partial charge >= 0.3 is 5.97 Å². The van der Waals surface area contributed by atoms with Crippen LogP contribution < -0.4 is 4.89 Å². The lowest BCUT2D eigenvalue weighted by Crippen LogP contribution is -2.37. The maximum atomic E-state index is 12.6. The minimum absolute atomic E-state index is 0.0310. The molecule has 0 saturated carbocycles. The lowest BCUT2D eigenvalue weighted by molar-refractivity contribution is -0.870. The van der Waals surface area contributed by atoms with Crippen LogP contribution >= 0.6 is 7.82 Å². The summed E-state index contributed by atoms with van der Waals surface area (Å²) in [4.78, 5) is 24.9. The summed E-state index contributed by atoms with van der Waals surface area (Å²) in [5, 5.41) is 0. The number of likely N-dealkylation sites (N-methyl/N-ethyl adjacent to an activating group) is 1. The summed E-state index contributed by atoms with van der Waals surface area (Å²) >= 11 is 0. The van der Waals surface area contributed by atoms with E-state index in [0.717, 1.165) is 32.1 Å². The van der Waals surface area contributed by atoms with Crippen molar-refractivity contribution in [2.45, 2.75) is 193 Å². The Morgan fingerprint density at radius 2 is 0.958 bits per heavy atom. The van der Waals surface area contributed by atoms with Crippen molar-refractivity contribution in [1.82, 2.24) is 0 Å². The molecule has 0 fully saturated rings. The summed E-state index contributed by atoms with van der Waals surface area (Å²) in [6, 6.07) is 0. The fourth-order valence-electron chi connectivity index (χ4n) is 5.72. The molecule has 2 unspecified atom stereocenters. The zero-order chi connectivity index (χ0) is 35.6. The number of carbonyl (C=O) groups is 1. The quantitative estimate of drug-likeness (QED) is 0.0273. The predicted molar refractivity (Wildman–Crippen MR) is 199 cm³/mol. The number of esters is 1. The Morgan fingerprint density at radius 1 is 0.562 bits per heavy atom. The second kappa shape index (κ2) is 33.6. The molecule has 0 aliphatic heterocycles. The highest BCUT2D eigenvalue weighted by molar-refractivity contribution is 7.45. The molecule has 0 aromatic carbocycles. The number of hydrogen-bond acceptors (Lipinski definition) is 7. The highest BCUT2D eigenvalue weighted by atomic mass is 31.2. The Labute approximate surface area is 298 Å². The third-order valence-corrected chi connectivity index (χ3v) is 9.87. The number of rotatable bonds is 38. The van der Waals surface area contributed by atoms with Gasteiger partial charge in [0.2, 0.25) is 0 Å². The van der Waals surface area contributed by atoms with Crippen LogP contribution in [0.5, 0.6) is 0 Å². The number of quaternary nitrogens is 1. The highest BCUT2D eigenvalue weighted by Crippen LogP contribution is 2.38. The molecule has 48 heavy (non-hydrogen) atoms. The highest BCUT2D eigenvalue weighted by Gasteiger charge is 2.20. The largest absolute Gasteiger partial charge is 0.756 e. The lowest BCUT2D eigenvalue weighted by Gasteiger charge is -2.28. The van der Waals surface area contributed by atoms with E-state index < -0.39 is 13.9 Å². The van der Waals surface area contributed by atoms with Crippen LogP contribution in [-0.2, 0) is 27.9 Å². The molecular weight excluding hydrogens is 625 g/mol. The van der Waals surface area contributed by atoms with E-state index in [1.165, 1.54) is 135 Å². The third-order valence-electron chi connectivity index (χ3n) is 8.91. The van der Waals surface area contributed by atoms with Gasteiger partial charge in [-0.05, 0) is 12.8 Å². The topological polar surface area (TPSA) is 94.1 Å². The van der Waals surface area contributed by atoms with Crippen molar-refractivity contribution in [3.63, 3.8) is 0 Å². The Bertz CT molecular complexity index is 746. The van der Waals surface area contributed by atoms with E-state index in [1.54, 1.807) is 0 Å². The fraction of sp³-hybridized carbons (Fsp3) is 0.974. The maximum absolute atomic E-state index is 12.6. The van der Waals surface area contributed by atoms with Crippen LogP contribution in [0, 0.1) is 0 Å². The molecule has 0 aliphatic carbocycles. The molecule has 0 heterocycles. The minimum atomic E-state index is -4.51. The molecule has 0 aromatic rings. The Kier molecular flexibility index (Phi) is 33.3. The third kappa shape index (κ3) is 36.8. The Hall–Kier alpha value is -0.500. The predicted octanol–water partition coefficient (Wildman–Crippen LogP) is 10.7. The van der Waals surface area contributed by atoms with Crippen LogP contribution in [0.3, 0.4) is 0 Å². The number of nitrogens with zero attached hydrogens (tertiary/aromatic N) is 1. The van der Waals surface area contributed by atoms with Crippen molar-refractivity contribution in [2.24, 2.45) is 0 Å². The van der Waals surface area contributed by atoms with E-state index in [1.807, 2.05) is 21.1 Å². The number of carbonyl (C=O) groups excluding carboxylic acids is 1. The molecule has 0 spiro atoms. The van der Waals surface area contributed by atoms with E-state index in [0.29, 0.717) is 24.1 Å². The van der Waals surface area contributed by atoms with Gasteiger partial charge in [0.25, 0.3) is 7.82 Å². The van der Waals surface area contributed by atoms with E-state index in [9.17, 15) is 14.3 Å². The van der Waals surface area contributed by atoms with Gasteiger partial charge in [0.15, 0.2) is 0 Å². The molecule has 2 atom stereocenters.